The summed E-state index contributed by atoms with van der Waals surface area (Å²) in [6.07, 6.45) is 0. The zero-order valence-electron chi connectivity index (χ0n) is 14.8. The molecule has 3 N–H and O–H groups in total. The maximum atomic E-state index is 12.4. The number of benzene rings is 2. The molecule has 5 nitrogen and oxygen atoms in total. The highest BCUT2D eigenvalue weighted by Gasteiger charge is 2.23. The van der Waals surface area contributed by atoms with Crippen LogP contribution in [0.4, 0.5) is 5.69 Å². The number of hydrogen-bond donors (Lipinski definition) is 2. The predicted molar refractivity (Wildman–Crippen MR) is 114 cm³/mol. The minimum Gasteiger partial charge on any atom is -0.399 e. The zero-order valence-corrected chi connectivity index (χ0v) is 17.2. The first-order valence-corrected chi connectivity index (χ1v) is 8.72. The molecular formula is C19H24Cl3N3O2. The van der Waals surface area contributed by atoms with Crippen LogP contribution in [0.3, 0.4) is 0 Å². The third kappa shape index (κ3) is 6.55. The van der Waals surface area contributed by atoms with Crippen LogP contribution < -0.4 is 11.1 Å². The lowest BCUT2D eigenvalue weighted by Crippen LogP contribution is -2.43. The van der Waals surface area contributed by atoms with E-state index < -0.39 is 0 Å². The van der Waals surface area contributed by atoms with Crippen molar-refractivity contribution in [1.29, 1.82) is 0 Å². The molecule has 1 atom stereocenters. The Balaban J connectivity index is 0.00000182. The van der Waals surface area contributed by atoms with E-state index in [-0.39, 0.29) is 36.8 Å². The van der Waals surface area contributed by atoms with Gasteiger partial charge in [0, 0.05) is 35.9 Å². The molecule has 0 saturated carbocycles. The van der Waals surface area contributed by atoms with Gasteiger partial charge in [0.25, 0.3) is 5.91 Å². The number of carbonyl (C=O) groups excluding carboxylic acids is 1. The third-order valence-electron chi connectivity index (χ3n) is 4.32. The van der Waals surface area contributed by atoms with Crippen molar-refractivity contribution in [3.05, 3.63) is 64.7 Å². The van der Waals surface area contributed by atoms with Crippen molar-refractivity contribution in [3.8, 4) is 0 Å². The van der Waals surface area contributed by atoms with Crippen LogP contribution in [0.25, 0.3) is 0 Å². The Hall–Kier alpha value is -1.50. The molecule has 1 saturated heterocycles. The van der Waals surface area contributed by atoms with Crippen LogP contribution in [0, 0.1) is 0 Å². The molecular weight excluding hydrogens is 409 g/mol. The van der Waals surface area contributed by atoms with E-state index in [0.717, 1.165) is 18.7 Å². The van der Waals surface area contributed by atoms with Gasteiger partial charge in [0.1, 0.15) is 0 Å². The Labute approximate surface area is 177 Å². The van der Waals surface area contributed by atoms with E-state index in [2.05, 4.69) is 10.2 Å². The van der Waals surface area contributed by atoms with Gasteiger partial charge in [-0.15, -0.1) is 24.8 Å². The lowest BCUT2D eigenvalue weighted by Gasteiger charge is -2.35. The van der Waals surface area contributed by atoms with Gasteiger partial charge in [-0.25, -0.2) is 0 Å². The van der Waals surface area contributed by atoms with Crippen LogP contribution in [0.5, 0.6) is 0 Å². The number of halogens is 3. The van der Waals surface area contributed by atoms with E-state index in [1.54, 1.807) is 24.3 Å². The molecule has 0 bridgehead atoms. The van der Waals surface area contributed by atoms with Crippen molar-refractivity contribution in [1.82, 2.24) is 10.2 Å². The standard InChI is InChI=1S/C19H22ClN3O2.2ClH/c20-16-5-1-3-14(11-16)18(23-7-9-25-10-8-23)13-22-19(24)15-4-2-6-17(21)12-15;;/h1-6,11-12,18H,7-10,13,21H2,(H,22,24);2*1H. The number of amides is 1. The van der Waals surface area contributed by atoms with Gasteiger partial charge in [0.15, 0.2) is 0 Å². The fraction of sp³-hybridized carbons (Fsp3) is 0.316. The van der Waals surface area contributed by atoms with Crippen molar-refractivity contribution in [2.24, 2.45) is 0 Å². The van der Waals surface area contributed by atoms with Crippen LogP contribution in [0.1, 0.15) is 22.0 Å². The molecule has 2 aromatic carbocycles. The maximum Gasteiger partial charge on any atom is 0.251 e. The van der Waals surface area contributed by atoms with Gasteiger partial charge in [-0.3, -0.25) is 9.69 Å². The molecule has 2 aromatic rings. The van der Waals surface area contributed by atoms with Crippen molar-refractivity contribution in [3.63, 3.8) is 0 Å². The Bertz CT molecular complexity index is 740. The topological polar surface area (TPSA) is 67.6 Å². The highest BCUT2D eigenvalue weighted by molar-refractivity contribution is 6.30. The molecule has 1 unspecified atom stereocenters. The van der Waals surface area contributed by atoms with Crippen molar-refractivity contribution in [2.75, 3.05) is 38.6 Å². The summed E-state index contributed by atoms with van der Waals surface area (Å²) >= 11 is 6.16. The number of ether oxygens (including phenoxy) is 1. The zero-order chi connectivity index (χ0) is 17.6. The summed E-state index contributed by atoms with van der Waals surface area (Å²) in [6.45, 7) is 3.53. The molecule has 148 valence electrons. The van der Waals surface area contributed by atoms with E-state index >= 15 is 0 Å². The molecule has 1 amide bonds. The summed E-state index contributed by atoms with van der Waals surface area (Å²) in [7, 11) is 0. The number of carbonyl (C=O) groups is 1. The second kappa shape index (κ2) is 11.4. The molecule has 1 heterocycles. The first-order valence-electron chi connectivity index (χ1n) is 8.34. The first-order chi connectivity index (χ1) is 12.1. The van der Waals surface area contributed by atoms with Crippen LogP contribution in [-0.2, 0) is 4.74 Å². The maximum absolute atomic E-state index is 12.4. The molecule has 27 heavy (non-hydrogen) atoms. The molecule has 1 fully saturated rings. The van der Waals surface area contributed by atoms with Crippen molar-refractivity contribution < 1.29 is 9.53 Å². The molecule has 8 heteroatoms. The Morgan fingerprint density at radius 2 is 1.85 bits per heavy atom. The fourth-order valence-corrected chi connectivity index (χ4v) is 3.23. The number of morpholine rings is 1. The van der Waals surface area contributed by atoms with Crippen LogP contribution in [0.2, 0.25) is 5.02 Å². The van der Waals surface area contributed by atoms with Gasteiger partial charge >= 0.3 is 0 Å². The largest absolute Gasteiger partial charge is 0.399 e. The summed E-state index contributed by atoms with van der Waals surface area (Å²) in [6, 6.07) is 14.8. The van der Waals surface area contributed by atoms with Gasteiger partial charge in [0.2, 0.25) is 0 Å². The Kier molecular flexibility index (Phi) is 9.91. The van der Waals surface area contributed by atoms with E-state index in [0.29, 0.717) is 36.0 Å². The van der Waals surface area contributed by atoms with Gasteiger partial charge in [0.05, 0.1) is 19.3 Å². The monoisotopic (exact) mass is 431 g/mol. The van der Waals surface area contributed by atoms with E-state index in [9.17, 15) is 4.79 Å². The Morgan fingerprint density at radius 1 is 1.15 bits per heavy atom. The van der Waals surface area contributed by atoms with Crippen LogP contribution in [-0.4, -0.2) is 43.7 Å². The van der Waals surface area contributed by atoms with Crippen molar-refractivity contribution in [2.45, 2.75) is 6.04 Å². The summed E-state index contributed by atoms with van der Waals surface area (Å²) in [5.41, 5.74) is 7.98. The molecule has 0 radical (unpaired) electrons. The molecule has 3 rings (SSSR count). The normalized spacial score (nSPS) is 15.1. The minimum atomic E-state index is -0.132. The molecule has 0 aliphatic carbocycles. The summed E-state index contributed by atoms with van der Waals surface area (Å²) in [4.78, 5) is 14.8. The summed E-state index contributed by atoms with van der Waals surface area (Å²) in [5, 5.41) is 3.71. The quantitative estimate of drug-likeness (QED) is 0.709. The lowest BCUT2D eigenvalue weighted by atomic mass is 10.0. The summed E-state index contributed by atoms with van der Waals surface area (Å²) in [5.74, 6) is -0.132. The SMILES string of the molecule is Cl.Cl.Nc1cccc(C(=O)NCC(c2cccc(Cl)c2)N2CCOCC2)c1. The molecule has 0 aromatic heterocycles. The highest BCUT2D eigenvalue weighted by Crippen LogP contribution is 2.24. The van der Waals surface area contributed by atoms with Crippen LogP contribution >= 0.6 is 36.4 Å². The number of nitrogens with two attached hydrogens (primary N) is 1. The predicted octanol–water partition coefficient (Wildman–Crippen LogP) is 3.57. The summed E-state index contributed by atoms with van der Waals surface area (Å²) < 4.78 is 5.45. The number of hydrogen-bond acceptors (Lipinski definition) is 4. The van der Waals surface area contributed by atoms with E-state index in [1.807, 2.05) is 24.3 Å². The fourth-order valence-electron chi connectivity index (χ4n) is 3.03. The lowest BCUT2D eigenvalue weighted by molar-refractivity contribution is 0.0162. The van der Waals surface area contributed by atoms with Gasteiger partial charge in [-0.2, -0.15) is 0 Å². The number of nitrogens with zero attached hydrogens (tertiary/aromatic N) is 1. The van der Waals surface area contributed by atoms with Gasteiger partial charge < -0.3 is 15.8 Å². The molecule has 0 spiro atoms. The second-order valence-electron chi connectivity index (χ2n) is 6.05. The highest BCUT2D eigenvalue weighted by atomic mass is 35.5. The van der Waals surface area contributed by atoms with Gasteiger partial charge in [-0.1, -0.05) is 29.8 Å². The minimum absolute atomic E-state index is 0. The van der Waals surface area contributed by atoms with E-state index in [4.69, 9.17) is 22.1 Å². The third-order valence-corrected chi connectivity index (χ3v) is 4.56. The van der Waals surface area contributed by atoms with Crippen LogP contribution in [0.15, 0.2) is 48.5 Å². The molecule has 1 aliphatic heterocycles. The average Bonchev–Trinajstić information content (AvgIpc) is 2.63. The number of nitrogen functional groups attached to an aromatic ring is 1. The van der Waals surface area contributed by atoms with E-state index in [1.165, 1.54) is 0 Å². The average molecular weight is 433 g/mol. The smallest absolute Gasteiger partial charge is 0.251 e. The van der Waals surface area contributed by atoms with Gasteiger partial charge in [-0.05, 0) is 35.9 Å². The van der Waals surface area contributed by atoms with Crippen molar-refractivity contribution >= 4 is 48.0 Å². The number of nitrogens with one attached hydrogen (secondary N) is 1. The number of anilines is 1. The molecule has 1 aliphatic rings. The first kappa shape index (κ1) is 23.5. The Morgan fingerprint density at radius 3 is 2.52 bits per heavy atom. The number of rotatable bonds is 5. The second-order valence-corrected chi connectivity index (χ2v) is 6.49.